The molecule has 0 amide bonds. The Balaban J connectivity index is 3.26. The van der Waals surface area contributed by atoms with Gasteiger partial charge in [0.05, 0.1) is 15.7 Å². The lowest BCUT2D eigenvalue weighted by molar-refractivity contribution is 0.101. The summed E-state index contributed by atoms with van der Waals surface area (Å²) < 4.78 is 19.0. The highest BCUT2D eigenvalue weighted by molar-refractivity contribution is 14.1. The van der Waals surface area contributed by atoms with Crippen LogP contribution in [0.2, 0.25) is 0 Å². The van der Waals surface area contributed by atoms with Gasteiger partial charge in [-0.15, -0.1) is 0 Å². The van der Waals surface area contributed by atoms with Crippen molar-refractivity contribution in [1.82, 2.24) is 0 Å². The molecular weight excluding hydrogens is 298 g/mol. The van der Waals surface area contributed by atoms with E-state index in [1.54, 1.807) is 0 Å². The van der Waals surface area contributed by atoms with Crippen LogP contribution < -0.4 is 4.74 Å². The summed E-state index contributed by atoms with van der Waals surface area (Å²) in [4.78, 5) is 11.1. The van der Waals surface area contributed by atoms with Crippen molar-refractivity contribution in [2.75, 3.05) is 6.61 Å². The lowest BCUT2D eigenvalue weighted by atomic mass is 10.1. The summed E-state index contributed by atoms with van der Waals surface area (Å²) in [6.07, 6.45) is 0. The number of hydrogen-bond acceptors (Lipinski definition) is 2. The zero-order valence-corrected chi connectivity index (χ0v) is 10.1. The molecule has 0 unspecified atom stereocenters. The van der Waals surface area contributed by atoms with Gasteiger partial charge in [0.25, 0.3) is 0 Å². The highest BCUT2D eigenvalue weighted by atomic mass is 127. The third-order valence-corrected chi connectivity index (χ3v) is 2.78. The lowest BCUT2D eigenvalue weighted by Gasteiger charge is -2.09. The molecule has 76 valence electrons. The second-order valence-corrected chi connectivity index (χ2v) is 3.80. The predicted octanol–water partition coefficient (Wildman–Crippen LogP) is 3.03. The van der Waals surface area contributed by atoms with E-state index < -0.39 is 5.82 Å². The van der Waals surface area contributed by atoms with Gasteiger partial charge < -0.3 is 4.74 Å². The second-order valence-electron chi connectivity index (χ2n) is 2.72. The third kappa shape index (κ3) is 2.23. The van der Waals surface area contributed by atoms with Crippen LogP contribution in [0.1, 0.15) is 24.2 Å². The molecule has 1 aromatic rings. The summed E-state index contributed by atoms with van der Waals surface area (Å²) in [6.45, 7) is 3.68. The lowest BCUT2D eigenvalue weighted by Crippen LogP contribution is -2.04. The van der Waals surface area contributed by atoms with Gasteiger partial charge in [-0.05, 0) is 48.6 Å². The van der Waals surface area contributed by atoms with Gasteiger partial charge in [0.1, 0.15) is 11.6 Å². The molecule has 0 heterocycles. The molecule has 0 fully saturated rings. The second kappa shape index (κ2) is 4.72. The first-order valence-corrected chi connectivity index (χ1v) is 5.27. The number of ketones is 1. The summed E-state index contributed by atoms with van der Waals surface area (Å²) in [6, 6.07) is 2.79. The number of benzene rings is 1. The zero-order valence-electron chi connectivity index (χ0n) is 7.93. The first kappa shape index (κ1) is 11.4. The van der Waals surface area contributed by atoms with E-state index in [2.05, 4.69) is 0 Å². The highest BCUT2D eigenvalue weighted by Gasteiger charge is 2.15. The molecule has 0 aliphatic heterocycles. The summed E-state index contributed by atoms with van der Waals surface area (Å²) in [5.41, 5.74) is 0.108. The number of carbonyl (C=O) groups excluding carboxylic acids is 1. The third-order valence-electron chi connectivity index (χ3n) is 1.71. The van der Waals surface area contributed by atoms with E-state index in [-0.39, 0.29) is 11.3 Å². The predicted molar refractivity (Wildman–Crippen MR) is 60.3 cm³/mol. The summed E-state index contributed by atoms with van der Waals surface area (Å²) in [7, 11) is 0. The van der Waals surface area contributed by atoms with E-state index in [1.807, 2.05) is 29.5 Å². The molecule has 0 aliphatic rings. The van der Waals surface area contributed by atoms with E-state index in [9.17, 15) is 9.18 Å². The summed E-state index contributed by atoms with van der Waals surface area (Å²) in [5, 5.41) is 0. The van der Waals surface area contributed by atoms with Crippen molar-refractivity contribution in [3.8, 4) is 5.75 Å². The first-order valence-electron chi connectivity index (χ1n) is 4.19. The Bertz CT molecular complexity index is 363. The van der Waals surface area contributed by atoms with Crippen molar-refractivity contribution >= 4 is 28.4 Å². The molecule has 0 spiro atoms. The fourth-order valence-electron chi connectivity index (χ4n) is 1.12. The van der Waals surface area contributed by atoms with E-state index in [0.717, 1.165) is 0 Å². The Morgan fingerprint density at radius 3 is 2.71 bits per heavy atom. The van der Waals surface area contributed by atoms with Crippen molar-refractivity contribution < 1.29 is 13.9 Å². The van der Waals surface area contributed by atoms with Crippen LogP contribution in [0, 0.1) is 9.39 Å². The average molecular weight is 308 g/mol. The minimum atomic E-state index is -0.495. The van der Waals surface area contributed by atoms with Crippen molar-refractivity contribution in [3.05, 3.63) is 27.1 Å². The molecule has 0 radical (unpaired) electrons. The molecule has 0 aliphatic carbocycles. The number of hydrogen-bond donors (Lipinski definition) is 0. The van der Waals surface area contributed by atoms with Crippen molar-refractivity contribution in [2.24, 2.45) is 0 Å². The maximum absolute atomic E-state index is 13.2. The molecular formula is C10H10FIO2. The van der Waals surface area contributed by atoms with Crippen molar-refractivity contribution in [3.63, 3.8) is 0 Å². The molecule has 0 bridgehead atoms. The molecule has 0 saturated heterocycles. The van der Waals surface area contributed by atoms with Gasteiger partial charge in [-0.2, -0.15) is 0 Å². The molecule has 2 nitrogen and oxygen atoms in total. The molecule has 0 N–H and O–H groups in total. The maximum Gasteiger partial charge on any atom is 0.163 e. The fraction of sp³-hybridized carbons (Fsp3) is 0.300. The number of ether oxygens (including phenoxy) is 1. The SMILES string of the molecule is CCOc1ccc(F)c(C(C)=O)c1I. The van der Waals surface area contributed by atoms with Crippen LogP contribution in [0.3, 0.4) is 0 Å². The van der Waals surface area contributed by atoms with Crippen LogP contribution in [-0.2, 0) is 0 Å². The first-order chi connectivity index (χ1) is 6.57. The Morgan fingerprint density at radius 1 is 1.57 bits per heavy atom. The Kier molecular flexibility index (Phi) is 3.86. The smallest absolute Gasteiger partial charge is 0.163 e. The van der Waals surface area contributed by atoms with Crippen LogP contribution in [0.15, 0.2) is 12.1 Å². The molecule has 1 aromatic carbocycles. The molecule has 0 atom stereocenters. The largest absolute Gasteiger partial charge is 0.493 e. The fourth-order valence-corrected chi connectivity index (χ4v) is 2.10. The monoisotopic (exact) mass is 308 g/mol. The highest BCUT2D eigenvalue weighted by Crippen LogP contribution is 2.27. The topological polar surface area (TPSA) is 26.3 Å². The van der Waals surface area contributed by atoms with Gasteiger partial charge >= 0.3 is 0 Å². The molecule has 14 heavy (non-hydrogen) atoms. The molecule has 0 aromatic heterocycles. The Hall–Kier alpha value is -0.650. The van der Waals surface area contributed by atoms with Gasteiger partial charge in [0, 0.05) is 0 Å². The van der Waals surface area contributed by atoms with Crippen LogP contribution in [0.4, 0.5) is 4.39 Å². The molecule has 1 rings (SSSR count). The molecule has 0 saturated carbocycles. The van der Waals surface area contributed by atoms with Crippen molar-refractivity contribution in [2.45, 2.75) is 13.8 Å². The standard InChI is InChI=1S/C10H10FIO2/c1-3-14-8-5-4-7(11)9(6(2)13)10(8)12/h4-5H,3H2,1-2H3. The van der Waals surface area contributed by atoms with Crippen LogP contribution >= 0.6 is 22.6 Å². The van der Waals surface area contributed by atoms with E-state index >= 15 is 0 Å². The summed E-state index contributed by atoms with van der Waals surface area (Å²) in [5.74, 6) is -0.224. The number of rotatable bonds is 3. The van der Waals surface area contributed by atoms with Gasteiger partial charge in [0.15, 0.2) is 5.78 Å². The van der Waals surface area contributed by atoms with E-state index in [1.165, 1.54) is 19.1 Å². The van der Waals surface area contributed by atoms with E-state index in [4.69, 9.17) is 4.74 Å². The number of carbonyl (C=O) groups is 1. The maximum atomic E-state index is 13.2. The molecule has 4 heteroatoms. The quantitative estimate of drug-likeness (QED) is 0.634. The van der Waals surface area contributed by atoms with Crippen molar-refractivity contribution in [1.29, 1.82) is 0 Å². The van der Waals surface area contributed by atoms with Crippen LogP contribution in [0.5, 0.6) is 5.75 Å². The van der Waals surface area contributed by atoms with Crippen LogP contribution in [-0.4, -0.2) is 12.4 Å². The Labute approximate surface area is 95.6 Å². The number of halogens is 2. The van der Waals surface area contributed by atoms with Gasteiger partial charge in [-0.25, -0.2) is 4.39 Å². The minimum Gasteiger partial charge on any atom is -0.493 e. The zero-order chi connectivity index (χ0) is 10.7. The van der Waals surface area contributed by atoms with Gasteiger partial charge in [-0.1, -0.05) is 0 Å². The summed E-state index contributed by atoms with van der Waals surface area (Å²) >= 11 is 1.92. The average Bonchev–Trinajstić information content (AvgIpc) is 2.10. The van der Waals surface area contributed by atoms with Crippen LogP contribution in [0.25, 0.3) is 0 Å². The normalized spacial score (nSPS) is 10.0. The number of Topliss-reactive ketones (excluding diaryl/α,β-unsaturated/α-hetero) is 1. The van der Waals surface area contributed by atoms with E-state index in [0.29, 0.717) is 15.9 Å². The van der Waals surface area contributed by atoms with Gasteiger partial charge in [0.2, 0.25) is 0 Å². The Morgan fingerprint density at radius 2 is 2.21 bits per heavy atom. The van der Waals surface area contributed by atoms with Gasteiger partial charge in [-0.3, -0.25) is 4.79 Å². The minimum absolute atomic E-state index is 0.108.